The molecule has 18 heavy (non-hydrogen) atoms. The van der Waals surface area contributed by atoms with Crippen LogP contribution in [0.2, 0.25) is 0 Å². The van der Waals surface area contributed by atoms with Gasteiger partial charge in [-0.1, -0.05) is 48.2 Å². The Morgan fingerprint density at radius 3 is 2.83 bits per heavy atom. The van der Waals surface area contributed by atoms with Gasteiger partial charge in [-0.2, -0.15) is 0 Å². The molecule has 3 rings (SSSR count). The Bertz CT molecular complexity index is 503. The highest BCUT2D eigenvalue weighted by Gasteiger charge is 2.33. The Morgan fingerprint density at radius 2 is 2.06 bits per heavy atom. The van der Waals surface area contributed by atoms with Gasteiger partial charge in [-0.15, -0.1) is 0 Å². The molecule has 0 N–H and O–H groups in total. The second-order valence-electron chi connectivity index (χ2n) is 5.32. The lowest BCUT2D eigenvalue weighted by Gasteiger charge is -2.28. The molecule has 1 fully saturated rings. The third-order valence-corrected chi connectivity index (χ3v) is 4.13. The number of fused-ring (bicyclic) bond motifs is 2. The average molecular weight is 237 g/mol. The molecule has 2 bridgehead atoms. The Balaban J connectivity index is 1.66. The van der Waals surface area contributed by atoms with Crippen molar-refractivity contribution in [3.8, 4) is 11.8 Å². The van der Waals surface area contributed by atoms with Gasteiger partial charge in [-0.3, -0.25) is 4.90 Å². The topological polar surface area (TPSA) is 3.24 Å². The molecule has 92 valence electrons. The monoisotopic (exact) mass is 237 g/mol. The summed E-state index contributed by atoms with van der Waals surface area (Å²) < 4.78 is 0. The van der Waals surface area contributed by atoms with Gasteiger partial charge in [0, 0.05) is 24.1 Å². The molecule has 2 aliphatic heterocycles. The molecule has 1 heteroatoms. The molecule has 1 saturated heterocycles. The molecule has 0 spiro atoms. The molecule has 2 aliphatic rings. The zero-order chi connectivity index (χ0) is 12.4. The minimum absolute atomic E-state index is 0.643. The molecule has 0 aromatic heterocycles. The SMILES string of the molecule is CN1C2C=C(C#CCc3ccccc3)CC1CC2. The van der Waals surface area contributed by atoms with Gasteiger partial charge in [0.1, 0.15) is 0 Å². The molecule has 0 aliphatic carbocycles. The highest BCUT2D eigenvalue weighted by atomic mass is 15.2. The van der Waals surface area contributed by atoms with Crippen LogP contribution in [0.15, 0.2) is 42.0 Å². The van der Waals surface area contributed by atoms with Crippen LogP contribution in [0.25, 0.3) is 0 Å². The van der Waals surface area contributed by atoms with E-state index < -0.39 is 0 Å². The summed E-state index contributed by atoms with van der Waals surface area (Å²) in [7, 11) is 2.24. The average Bonchev–Trinajstić information content (AvgIpc) is 2.64. The van der Waals surface area contributed by atoms with Crippen molar-refractivity contribution in [2.75, 3.05) is 7.05 Å². The lowest BCUT2D eigenvalue weighted by atomic mass is 10.0. The summed E-state index contributed by atoms with van der Waals surface area (Å²) in [5.74, 6) is 6.69. The van der Waals surface area contributed by atoms with Crippen LogP contribution < -0.4 is 0 Å². The van der Waals surface area contributed by atoms with Crippen LogP contribution in [-0.4, -0.2) is 24.0 Å². The van der Waals surface area contributed by atoms with E-state index in [0.29, 0.717) is 6.04 Å². The molecular formula is C17H19N. The number of nitrogens with zero attached hydrogens (tertiary/aromatic N) is 1. The zero-order valence-corrected chi connectivity index (χ0v) is 10.9. The van der Waals surface area contributed by atoms with Gasteiger partial charge in [-0.05, 0) is 31.9 Å². The highest BCUT2D eigenvalue weighted by Crippen LogP contribution is 2.32. The standard InChI is InChI=1S/C17H19N/c1-18-16-10-11-17(18)13-15(12-16)9-5-8-14-6-3-2-4-7-14/h2-4,6-7,12,16-17H,8,10-11,13H2,1H3. The van der Waals surface area contributed by atoms with Crippen LogP contribution in [-0.2, 0) is 6.42 Å². The lowest BCUT2D eigenvalue weighted by Crippen LogP contribution is -2.34. The predicted octanol–water partition coefficient (Wildman–Crippen LogP) is 3.03. The Labute approximate surface area is 110 Å². The molecule has 2 atom stereocenters. The molecule has 1 nitrogen and oxygen atoms in total. The predicted molar refractivity (Wildman–Crippen MR) is 75.2 cm³/mol. The summed E-state index contributed by atoms with van der Waals surface area (Å²) in [5.41, 5.74) is 2.66. The number of hydrogen-bond acceptors (Lipinski definition) is 1. The fourth-order valence-electron chi connectivity index (χ4n) is 2.99. The van der Waals surface area contributed by atoms with E-state index in [0.717, 1.165) is 18.9 Å². The second kappa shape index (κ2) is 5.00. The van der Waals surface area contributed by atoms with E-state index in [4.69, 9.17) is 0 Å². The first-order chi connectivity index (χ1) is 8.83. The van der Waals surface area contributed by atoms with E-state index in [2.05, 4.69) is 54.1 Å². The first-order valence-corrected chi connectivity index (χ1v) is 6.78. The van der Waals surface area contributed by atoms with Crippen molar-refractivity contribution >= 4 is 0 Å². The van der Waals surface area contributed by atoms with E-state index >= 15 is 0 Å². The Morgan fingerprint density at radius 1 is 1.22 bits per heavy atom. The number of benzene rings is 1. The van der Waals surface area contributed by atoms with Crippen LogP contribution >= 0.6 is 0 Å². The maximum absolute atomic E-state index is 3.38. The summed E-state index contributed by atoms with van der Waals surface area (Å²) in [6.45, 7) is 0. The third-order valence-electron chi connectivity index (χ3n) is 4.13. The van der Waals surface area contributed by atoms with E-state index in [-0.39, 0.29) is 0 Å². The second-order valence-corrected chi connectivity index (χ2v) is 5.32. The molecule has 2 unspecified atom stereocenters. The Hall–Kier alpha value is -1.52. The van der Waals surface area contributed by atoms with Gasteiger partial charge >= 0.3 is 0 Å². The van der Waals surface area contributed by atoms with Gasteiger partial charge in [0.2, 0.25) is 0 Å². The van der Waals surface area contributed by atoms with Crippen LogP contribution in [0.1, 0.15) is 24.8 Å². The van der Waals surface area contributed by atoms with Gasteiger partial charge in [0.25, 0.3) is 0 Å². The molecule has 0 radical (unpaired) electrons. The van der Waals surface area contributed by atoms with Crippen molar-refractivity contribution in [1.82, 2.24) is 4.90 Å². The highest BCUT2D eigenvalue weighted by molar-refractivity contribution is 5.35. The number of rotatable bonds is 1. The van der Waals surface area contributed by atoms with E-state index in [1.807, 2.05) is 6.07 Å². The van der Waals surface area contributed by atoms with Crippen molar-refractivity contribution in [3.05, 3.63) is 47.5 Å². The third kappa shape index (κ3) is 2.35. The maximum Gasteiger partial charge on any atom is 0.0343 e. The molecule has 1 aromatic carbocycles. The van der Waals surface area contributed by atoms with E-state index in [1.54, 1.807) is 0 Å². The van der Waals surface area contributed by atoms with E-state index in [1.165, 1.54) is 24.0 Å². The molecule has 0 saturated carbocycles. The molecular weight excluding hydrogens is 218 g/mol. The largest absolute Gasteiger partial charge is 0.297 e. The summed E-state index contributed by atoms with van der Waals surface area (Å²) in [6, 6.07) is 11.9. The summed E-state index contributed by atoms with van der Waals surface area (Å²) >= 11 is 0. The number of likely N-dealkylation sites (N-methyl/N-ethyl adjacent to an activating group) is 1. The first-order valence-electron chi connectivity index (χ1n) is 6.78. The normalized spacial score (nSPS) is 26.4. The summed E-state index contributed by atoms with van der Waals surface area (Å²) in [6.07, 6.45) is 7.03. The number of hydrogen-bond donors (Lipinski definition) is 0. The van der Waals surface area contributed by atoms with Crippen molar-refractivity contribution in [1.29, 1.82) is 0 Å². The van der Waals surface area contributed by atoms with Crippen molar-refractivity contribution < 1.29 is 0 Å². The van der Waals surface area contributed by atoms with Gasteiger partial charge in [-0.25, -0.2) is 0 Å². The molecule has 2 heterocycles. The quantitative estimate of drug-likeness (QED) is 0.679. The Kier molecular flexibility index (Phi) is 3.21. The van der Waals surface area contributed by atoms with Crippen LogP contribution in [0.5, 0.6) is 0 Å². The van der Waals surface area contributed by atoms with Crippen molar-refractivity contribution in [3.63, 3.8) is 0 Å². The minimum atomic E-state index is 0.643. The van der Waals surface area contributed by atoms with Gasteiger partial charge in [0.05, 0.1) is 0 Å². The maximum atomic E-state index is 3.38. The van der Waals surface area contributed by atoms with Gasteiger partial charge < -0.3 is 0 Å². The molecule has 1 aromatic rings. The summed E-state index contributed by atoms with van der Waals surface area (Å²) in [5, 5.41) is 0. The molecule has 0 amide bonds. The fraction of sp³-hybridized carbons (Fsp3) is 0.412. The lowest BCUT2D eigenvalue weighted by molar-refractivity contribution is 0.257. The fourth-order valence-corrected chi connectivity index (χ4v) is 2.99. The van der Waals surface area contributed by atoms with Crippen molar-refractivity contribution in [2.45, 2.75) is 37.8 Å². The summed E-state index contributed by atoms with van der Waals surface area (Å²) in [4.78, 5) is 2.50. The zero-order valence-electron chi connectivity index (χ0n) is 10.9. The smallest absolute Gasteiger partial charge is 0.0343 e. The van der Waals surface area contributed by atoms with Crippen LogP contribution in [0.4, 0.5) is 0 Å². The van der Waals surface area contributed by atoms with Crippen LogP contribution in [0.3, 0.4) is 0 Å². The first kappa shape index (κ1) is 11.6. The van der Waals surface area contributed by atoms with Crippen molar-refractivity contribution in [2.24, 2.45) is 0 Å². The minimum Gasteiger partial charge on any atom is -0.297 e. The van der Waals surface area contributed by atoms with Crippen LogP contribution in [0, 0.1) is 11.8 Å². The van der Waals surface area contributed by atoms with Gasteiger partial charge in [0.15, 0.2) is 0 Å². The van der Waals surface area contributed by atoms with E-state index in [9.17, 15) is 0 Å².